The largest absolute Gasteiger partial charge is 0.467 e. The molecule has 8 nitrogen and oxygen atoms in total. The van der Waals surface area contributed by atoms with Crippen molar-refractivity contribution in [3.05, 3.63) is 94.9 Å². The summed E-state index contributed by atoms with van der Waals surface area (Å²) >= 11 is 0. The quantitative estimate of drug-likeness (QED) is 0.453. The minimum absolute atomic E-state index is 0.0298. The highest BCUT2D eigenvalue weighted by Gasteiger charge is 2.36. The molecule has 0 atom stereocenters. The molecule has 0 spiro atoms. The van der Waals surface area contributed by atoms with Gasteiger partial charge < -0.3 is 15.1 Å². The third-order valence-electron chi connectivity index (χ3n) is 4.86. The Bertz CT molecular complexity index is 1140. The summed E-state index contributed by atoms with van der Waals surface area (Å²) in [6, 6.07) is 16.5. The van der Waals surface area contributed by atoms with Crippen LogP contribution < -0.4 is 10.6 Å². The first kappa shape index (κ1) is 20.1. The highest BCUT2D eigenvalue weighted by atomic mass is 16.3. The minimum Gasteiger partial charge on any atom is -0.467 e. The van der Waals surface area contributed by atoms with Crippen LogP contribution in [0, 0.1) is 0 Å². The Morgan fingerprint density at radius 2 is 1.45 bits per heavy atom. The molecule has 2 N–H and O–H groups in total. The molecular weight excluding hydrogens is 398 g/mol. The van der Waals surface area contributed by atoms with Gasteiger partial charge >= 0.3 is 0 Å². The predicted molar refractivity (Wildman–Crippen MR) is 110 cm³/mol. The summed E-state index contributed by atoms with van der Waals surface area (Å²) < 4.78 is 5.21. The van der Waals surface area contributed by atoms with E-state index in [1.807, 2.05) is 6.07 Å². The summed E-state index contributed by atoms with van der Waals surface area (Å²) in [5.41, 5.74) is 1.23. The van der Waals surface area contributed by atoms with Crippen LogP contribution in [-0.4, -0.2) is 41.6 Å². The number of carbonyl (C=O) groups is 4. The lowest BCUT2D eigenvalue weighted by Gasteiger charge is -2.11. The van der Waals surface area contributed by atoms with Gasteiger partial charge in [-0.15, -0.1) is 0 Å². The molecule has 0 bridgehead atoms. The highest BCUT2D eigenvalue weighted by molar-refractivity contribution is 6.22. The number of nitrogens with zero attached hydrogens (tertiary/aromatic N) is 1. The van der Waals surface area contributed by atoms with Crippen LogP contribution in [0.4, 0.5) is 0 Å². The highest BCUT2D eigenvalue weighted by Crippen LogP contribution is 2.25. The predicted octanol–water partition coefficient (Wildman–Crippen LogP) is 2.24. The van der Waals surface area contributed by atoms with Gasteiger partial charge in [0.15, 0.2) is 0 Å². The van der Waals surface area contributed by atoms with Gasteiger partial charge in [0.1, 0.15) is 5.76 Å². The Labute approximate surface area is 177 Å². The van der Waals surface area contributed by atoms with Crippen LogP contribution in [-0.2, 0) is 6.54 Å². The number of hydrogen-bond donors (Lipinski definition) is 2. The fourth-order valence-electron chi connectivity index (χ4n) is 3.28. The van der Waals surface area contributed by atoms with Gasteiger partial charge in [-0.3, -0.25) is 24.1 Å². The second kappa shape index (κ2) is 8.66. The molecule has 0 saturated carbocycles. The van der Waals surface area contributed by atoms with Crippen molar-refractivity contribution in [1.82, 2.24) is 15.5 Å². The van der Waals surface area contributed by atoms with Crippen LogP contribution in [0.3, 0.4) is 0 Å². The number of rotatable bonds is 7. The second-order valence-corrected chi connectivity index (χ2v) is 6.91. The summed E-state index contributed by atoms with van der Waals surface area (Å²) in [4.78, 5) is 50.7. The number of amides is 4. The van der Waals surface area contributed by atoms with E-state index in [-0.39, 0.29) is 42.2 Å². The van der Waals surface area contributed by atoms with E-state index >= 15 is 0 Å². The normalized spacial score (nSPS) is 12.6. The Morgan fingerprint density at radius 1 is 0.774 bits per heavy atom. The fraction of sp³-hybridized carbons (Fsp3) is 0.130. The molecule has 0 radical (unpaired) electrons. The van der Waals surface area contributed by atoms with Gasteiger partial charge in [-0.25, -0.2) is 0 Å². The monoisotopic (exact) mass is 417 g/mol. The minimum atomic E-state index is -0.471. The average Bonchev–Trinajstić information content (AvgIpc) is 3.40. The maximum atomic E-state index is 12.7. The topological polar surface area (TPSA) is 109 Å². The van der Waals surface area contributed by atoms with Crippen molar-refractivity contribution in [2.24, 2.45) is 0 Å². The van der Waals surface area contributed by atoms with Gasteiger partial charge in [-0.2, -0.15) is 0 Å². The fourth-order valence-corrected chi connectivity index (χ4v) is 3.28. The maximum absolute atomic E-state index is 12.7. The zero-order valence-corrected chi connectivity index (χ0v) is 16.5. The van der Waals surface area contributed by atoms with Gasteiger partial charge in [0.05, 0.1) is 23.9 Å². The van der Waals surface area contributed by atoms with Crippen LogP contribution >= 0.6 is 0 Å². The summed E-state index contributed by atoms with van der Waals surface area (Å²) in [7, 11) is 0. The van der Waals surface area contributed by atoms with Gasteiger partial charge in [0.2, 0.25) is 0 Å². The van der Waals surface area contributed by atoms with Crippen molar-refractivity contribution in [3.63, 3.8) is 0 Å². The molecule has 8 heteroatoms. The van der Waals surface area contributed by atoms with Crippen molar-refractivity contribution in [2.45, 2.75) is 6.54 Å². The number of benzene rings is 2. The maximum Gasteiger partial charge on any atom is 0.261 e. The first-order valence-corrected chi connectivity index (χ1v) is 9.68. The van der Waals surface area contributed by atoms with Crippen molar-refractivity contribution in [1.29, 1.82) is 0 Å². The van der Waals surface area contributed by atoms with Gasteiger partial charge in [0, 0.05) is 24.2 Å². The zero-order valence-electron chi connectivity index (χ0n) is 16.5. The Balaban J connectivity index is 1.34. The molecule has 0 unspecified atom stereocenters. The van der Waals surface area contributed by atoms with Gasteiger partial charge in [-0.1, -0.05) is 18.2 Å². The van der Waals surface area contributed by atoms with E-state index in [4.69, 9.17) is 4.42 Å². The van der Waals surface area contributed by atoms with Crippen LogP contribution in [0.2, 0.25) is 0 Å². The van der Waals surface area contributed by atoms with E-state index in [0.29, 0.717) is 11.3 Å². The number of hydrogen-bond acceptors (Lipinski definition) is 5. The van der Waals surface area contributed by atoms with Gasteiger partial charge in [0.25, 0.3) is 23.6 Å². The average molecular weight is 417 g/mol. The van der Waals surface area contributed by atoms with E-state index in [1.165, 1.54) is 24.5 Å². The Kier molecular flexibility index (Phi) is 5.61. The summed E-state index contributed by atoms with van der Waals surface area (Å²) in [5, 5.41) is 5.41. The molecule has 4 amide bonds. The van der Waals surface area contributed by atoms with Crippen LogP contribution in [0.5, 0.6) is 0 Å². The van der Waals surface area contributed by atoms with Crippen molar-refractivity contribution < 1.29 is 23.6 Å². The summed E-state index contributed by atoms with van der Waals surface area (Å²) in [5.74, 6) is -1.03. The zero-order chi connectivity index (χ0) is 21.8. The lowest BCUT2D eigenvalue weighted by molar-refractivity contribution is 0.0631. The number of nitrogens with one attached hydrogen (secondary N) is 2. The third-order valence-corrected chi connectivity index (χ3v) is 4.86. The molecule has 3 aromatic rings. The van der Waals surface area contributed by atoms with E-state index < -0.39 is 17.7 Å². The Hall–Kier alpha value is -4.20. The van der Waals surface area contributed by atoms with Crippen LogP contribution in [0.15, 0.2) is 71.3 Å². The molecule has 1 aliphatic rings. The molecule has 4 rings (SSSR count). The standard InChI is InChI=1S/C23H19N3O5/c27-20(15-5-2-1-3-6-15)24-10-11-25-21(28)16-8-9-18-19(13-16)23(30)26(22(18)29)14-17-7-4-12-31-17/h1-9,12-13H,10-11,14H2,(H,24,27)(H,25,28). The van der Waals surface area contributed by atoms with E-state index in [1.54, 1.807) is 36.4 Å². The second-order valence-electron chi connectivity index (χ2n) is 6.91. The molecule has 156 valence electrons. The molecule has 0 saturated heterocycles. The molecule has 31 heavy (non-hydrogen) atoms. The third kappa shape index (κ3) is 4.23. The molecule has 1 aromatic heterocycles. The molecule has 0 fully saturated rings. The van der Waals surface area contributed by atoms with E-state index in [0.717, 1.165) is 4.90 Å². The number of fused-ring (bicyclic) bond motifs is 1. The molecule has 1 aliphatic heterocycles. The van der Waals surface area contributed by atoms with Gasteiger partial charge in [-0.05, 0) is 42.5 Å². The van der Waals surface area contributed by atoms with Crippen molar-refractivity contribution in [2.75, 3.05) is 13.1 Å². The lowest BCUT2D eigenvalue weighted by Crippen LogP contribution is -2.34. The van der Waals surface area contributed by atoms with Crippen molar-refractivity contribution in [3.8, 4) is 0 Å². The SMILES string of the molecule is O=C(NCCNC(=O)c1ccc2c(c1)C(=O)N(Cc1ccco1)C2=O)c1ccccc1. The number of imide groups is 1. The molecule has 2 heterocycles. The summed E-state index contributed by atoms with van der Waals surface area (Å²) in [6.07, 6.45) is 1.47. The lowest BCUT2D eigenvalue weighted by atomic mass is 10.1. The van der Waals surface area contributed by atoms with Crippen LogP contribution in [0.25, 0.3) is 0 Å². The number of furan rings is 1. The van der Waals surface area contributed by atoms with E-state index in [2.05, 4.69) is 10.6 Å². The molecule has 2 aromatic carbocycles. The first-order chi connectivity index (χ1) is 15.0. The van der Waals surface area contributed by atoms with Crippen LogP contribution in [0.1, 0.15) is 47.2 Å². The smallest absolute Gasteiger partial charge is 0.261 e. The van der Waals surface area contributed by atoms with E-state index in [9.17, 15) is 19.2 Å². The number of carbonyl (C=O) groups excluding carboxylic acids is 4. The molecular formula is C23H19N3O5. The van der Waals surface area contributed by atoms with Crippen molar-refractivity contribution >= 4 is 23.6 Å². The summed E-state index contributed by atoms with van der Waals surface area (Å²) in [6.45, 7) is 0.493. The first-order valence-electron chi connectivity index (χ1n) is 9.68. The molecule has 0 aliphatic carbocycles. The Morgan fingerprint density at radius 3 is 2.13 bits per heavy atom.